The van der Waals surface area contributed by atoms with Crippen molar-refractivity contribution in [2.45, 2.75) is 64.0 Å². The van der Waals surface area contributed by atoms with Crippen LogP contribution in [0.3, 0.4) is 0 Å². The number of hydrogen-bond acceptors (Lipinski definition) is 3. The van der Waals surface area contributed by atoms with Crippen LogP contribution in [-0.2, 0) is 9.59 Å². The number of nitrogens with two attached hydrogens (primary N) is 1. The van der Waals surface area contributed by atoms with Gasteiger partial charge in [0.15, 0.2) is 0 Å². The topological polar surface area (TPSA) is 75.4 Å². The standard InChI is InChI=1S/C15H27N3O2/c1-11(15(20)18-9-3-2-4-10-18)17-14(19)12-5-7-13(16)8-6-12/h11-13H,2-10,16H2,1H3,(H,17,19). The second-order valence-electron chi connectivity index (χ2n) is 6.23. The van der Waals surface area contributed by atoms with Gasteiger partial charge in [-0.25, -0.2) is 0 Å². The molecule has 2 rings (SSSR count). The van der Waals surface area contributed by atoms with Gasteiger partial charge in [-0.1, -0.05) is 0 Å². The Morgan fingerprint density at radius 1 is 1.10 bits per heavy atom. The van der Waals surface area contributed by atoms with Crippen LogP contribution in [0, 0.1) is 5.92 Å². The van der Waals surface area contributed by atoms with E-state index in [-0.39, 0.29) is 23.8 Å². The van der Waals surface area contributed by atoms with Gasteiger partial charge in [0, 0.05) is 25.0 Å². The lowest BCUT2D eigenvalue weighted by atomic mass is 9.86. The van der Waals surface area contributed by atoms with Crippen LogP contribution in [0.15, 0.2) is 0 Å². The van der Waals surface area contributed by atoms with Gasteiger partial charge in [0.2, 0.25) is 11.8 Å². The van der Waals surface area contributed by atoms with E-state index in [0.717, 1.165) is 51.6 Å². The van der Waals surface area contributed by atoms with E-state index in [0.29, 0.717) is 0 Å². The number of carbonyl (C=O) groups excluding carboxylic acids is 2. The van der Waals surface area contributed by atoms with Crippen LogP contribution in [0.25, 0.3) is 0 Å². The summed E-state index contributed by atoms with van der Waals surface area (Å²) in [5.74, 6) is 0.117. The highest BCUT2D eigenvalue weighted by atomic mass is 16.2. The minimum atomic E-state index is -0.406. The first-order valence-corrected chi connectivity index (χ1v) is 7.92. The quantitative estimate of drug-likeness (QED) is 0.811. The molecule has 0 spiro atoms. The molecule has 0 radical (unpaired) electrons. The minimum Gasteiger partial charge on any atom is -0.344 e. The zero-order valence-corrected chi connectivity index (χ0v) is 12.4. The lowest BCUT2D eigenvalue weighted by Gasteiger charge is -2.31. The highest BCUT2D eigenvalue weighted by Gasteiger charge is 2.28. The van der Waals surface area contributed by atoms with Crippen molar-refractivity contribution in [1.29, 1.82) is 0 Å². The van der Waals surface area contributed by atoms with Crippen LogP contribution in [0.1, 0.15) is 51.9 Å². The molecular weight excluding hydrogens is 254 g/mol. The van der Waals surface area contributed by atoms with Crippen LogP contribution < -0.4 is 11.1 Å². The van der Waals surface area contributed by atoms with Gasteiger partial charge in [-0.3, -0.25) is 9.59 Å². The van der Waals surface area contributed by atoms with Gasteiger partial charge in [-0.15, -0.1) is 0 Å². The number of nitrogens with one attached hydrogen (secondary N) is 1. The van der Waals surface area contributed by atoms with Crippen molar-refractivity contribution in [1.82, 2.24) is 10.2 Å². The van der Waals surface area contributed by atoms with Crippen molar-refractivity contribution < 1.29 is 9.59 Å². The molecule has 1 atom stereocenters. The first-order valence-electron chi connectivity index (χ1n) is 7.92. The summed E-state index contributed by atoms with van der Waals surface area (Å²) in [6.07, 6.45) is 6.86. The molecule has 3 N–H and O–H groups in total. The van der Waals surface area contributed by atoms with Crippen molar-refractivity contribution in [3.8, 4) is 0 Å². The summed E-state index contributed by atoms with van der Waals surface area (Å²) in [5, 5.41) is 2.89. The number of hydrogen-bond donors (Lipinski definition) is 2. The lowest BCUT2D eigenvalue weighted by molar-refractivity contribution is -0.138. The highest BCUT2D eigenvalue weighted by molar-refractivity contribution is 5.88. The predicted octanol–water partition coefficient (Wildman–Crippen LogP) is 1.02. The molecular formula is C15H27N3O2. The van der Waals surface area contributed by atoms with Gasteiger partial charge in [0.05, 0.1) is 0 Å². The largest absolute Gasteiger partial charge is 0.344 e. The van der Waals surface area contributed by atoms with E-state index < -0.39 is 6.04 Å². The number of rotatable bonds is 3. The minimum absolute atomic E-state index is 0.0229. The van der Waals surface area contributed by atoms with Gasteiger partial charge in [-0.05, 0) is 51.9 Å². The molecule has 114 valence electrons. The molecule has 2 fully saturated rings. The average molecular weight is 281 g/mol. The van der Waals surface area contributed by atoms with Gasteiger partial charge in [-0.2, -0.15) is 0 Å². The summed E-state index contributed by atoms with van der Waals surface area (Å²) < 4.78 is 0. The SMILES string of the molecule is CC(NC(=O)C1CCC(N)CC1)C(=O)N1CCCCC1. The molecule has 1 aliphatic heterocycles. The first kappa shape index (κ1) is 15.3. The molecule has 0 aromatic heterocycles. The van der Waals surface area contributed by atoms with E-state index in [4.69, 9.17) is 5.73 Å². The maximum absolute atomic E-state index is 12.3. The lowest BCUT2D eigenvalue weighted by Crippen LogP contribution is -2.50. The van der Waals surface area contributed by atoms with E-state index in [1.54, 1.807) is 6.92 Å². The van der Waals surface area contributed by atoms with Gasteiger partial charge < -0.3 is 16.0 Å². The van der Waals surface area contributed by atoms with Crippen molar-refractivity contribution >= 4 is 11.8 Å². The van der Waals surface area contributed by atoms with E-state index in [1.807, 2.05) is 4.90 Å². The maximum atomic E-state index is 12.3. The fourth-order valence-electron chi connectivity index (χ4n) is 3.16. The maximum Gasteiger partial charge on any atom is 0.244 e. The Kier molecular flexibility index (Phi) is 5.40. The smallest absolute Gasteiger partial charge is 0.244 e. The normalized spacial score (nSPS) is 28.8. The molecule has 2 aliphatic rings. The Balaban J connectivity index is 1.79. The summed E-state index contributed by atoms with van der Waals surface area (Å²) in [6, 6.07) is -0.164. The van der Waals surface area contributed by atoms with Gasteiger partial charge in [0.25, 0.3) is 0 Å². The van der Waals surface area contributed by atoms with Crippen LogP contribution in [0.4, 0.5) is 0 Å². The van der Waals surface area contributed by atoms with Crippen molar-refractivity contribution in [2.75, 3.05) is 13.1 Å². The fourth-order valence-corrected chi connectivity index (χ4v) is 3.16. The summed E-state index contributed by atoms with van der Waals surface area (Å²) in [6.45, 7) is 3.46. The third-order valence-corrected chi connectivity index (χ3v) is 4.54. The Labute approximate surface area is 121 Å². The second-order valence-corrected chi connectivity index (χ2v) is 6.23. The molecule has 0 aromatic rings. The van der Waals surface area contributed by atoms with E-state index in [9.17, 15) is 9.59 Å². The molecule has 1 heterocycles. The third-order valence-electron chi connectivity index (χ3n) is 4.54. The third kappa shape index (κ3) is 3.95. The summed E-state index contributed by atoms with van der Waals surface area (Å²) in [5.41, 5.74) is 5.85. The van der Waals surface area contributed by atoms with Crippen LogP contribution >= 0.6 is 0 Å². The van der Waals surface area contributed by atoms with Crippen molar-refractivity contribution in [3.05, 3.63) is 0 Å². The highest BCUT2D eigenvalue weighted by Crippen LogP contribution is 2.23. The zero-order chi connectivity index (χ0) is 14.5. The number of likely N-dealkylation sites (tertiary alicyclic amines) is 1. The van der Waals surface area contributed by atoms with Crippen LogP contribution in [-0.4, -0.2) is 41.9 Å². The zero-order valence-electron chi connectivity index (χ0n) is 12.4. The van der Waals surface area contributed by atoms with Crippen LogP contribution in [0.2, 0.25) is 0 Å². The Morgan fingerprint density at radius 3 is 2.30 bits per heavy atom. The molecule has 1 unspecified atom stereocenters. The molecule has 20 heavy (non-hydrogen) atoms. The van der Waals surface area contributed by atoms with E-state index in [2.05, 4.69) is 5.32 Å². The first-order chi connectivity index (χ1) is 9.58. The molecule has 5 nitrogen and oxygen atoms in total. The van der Waals surface area contributed by atoms with Crippen molar-refractivity contribution in [2.24, 2.45) is 11.7 Å². The van der Waals surface area contributed by atoms with Gasteiger partial charge >= 0.3 is 0 Å². The Bertz CT molecular complexity index is 345. The van der Waals surface area contributed by atoms with Crippen LogP contribution in [0.5, 0.6) is 0 Å². The molecule has 1 aliphatic carbocycles. The molecule has 0 aromatic carbocycles. The number of carbonyl (C=O) groups is 2. The number of amides is 2. The summed E-state index contributed by atoms with van der Waals surface area (Å²) in [7, 11) is 0. The number of nitrogens with zero attached hydrogens (tertiary/aromatic N) is 1. The van der Waals surface area contributed by atoms with E-state index in [1.165, 1.54) is 6.42 Å². The average Bonchev–Trinajstić information content (AvgIpc) is 2.48. The van der Waals surface area contributed by atoms with E-state index >= 15 is 0 Å². The Hall–Kier alpha value is -1.10. The fraction of sp³-hybridized carbons (Fsp3) is 0.867. The summed E-state index contributed by atoms with van der Waals surface area (Å²) >= 11 is 0. The summed E-state index contributed by atoms with van der Waals surface area (Å²) in [4.78, 5) is 26.3. The Morgan fingerprint density at radius 2 is 1.70 bits per heavy atom. The predicted molar refractivity (Wildman–Crippen MR) is 78.0 cm³/mol. The van der Waals surface area contributed by atoms with Crippen molar-refractivity contribution in [3.63, 3.8) is 0 Å². The van der Waals surface area contributed by atoms with Gasteiger partial charge in [0.1, 0.15) is 6.04 Å². The molecule has 1 saturated heterocycles. The molecule has 5 heteroatoms. The second kappa shape index (κ2) is 7.07. The molecule has 0 bridgehead atoms. The molecule has 1 saturated carbocycles. The number of piperidine rings is 1. The molecule has 2 amide bonds. The monoisotopic (exact) mass is 281 g/mol.